The number of carbonyl (C=O) groups is 1. The van der Waals surface area contributed by atoms with E-state index in [2.05, 4.69) is 23.3 Å². The van der Waals surface area contributed by atoms with Crippen LogP contribution in [-0.4, -0.2) is 36.3 Å². The summed E-state index contributed by atoms with van der Waals surface area (Å²) in [6, 6.07) is 7.00. The summed E-state index contributed by atoms with van der Waals surface area (Å²) in [4.78, 5) is 18.8. The molecule has 1 saturated carbocycles. The molecule has 2 atom stereocenters. The van der Waals surface area contributed by atoms with Gasteiger partial charge in [0.05, 0.1) is 0 Å². The van der Waals surface area contributed by atoms with E-state index in [0.717, 1.165) is 36.4 Å². The molecule has 1 aromatic carbocycles. The van der Waals surface area contributed by atoms with Crippen LogP contribution in [0.3, 0.4) is 0 Å². The minimum Gasteiger partial charge on any atom is -0.398 e. The number of aliphatic imine (C=N–C) groups is 1. The van der Waals surface area contributed by atoms with Crippen LogP contribution in [0.2, 0.25) is 0 Å². The fourth-order valence-corrected chi connectivity index (χ4v) is 4.54. The van der Waals surface area contributed by atoms with Gasteiger partial charge in [-0.2, -0.15) is 0 Å². The lowest BCUT2D eigenvalue weighted by atomic mass is 9.74. The van der Waals surface area contributed by atoms with Crippen molar-refractivity contribution in [2.75, 3.05) is 12.4 Å². The summed E-state index contributed by atoms with van der Waals surface area (Å²) in [5, 5.41) is 3.10. The zero-order chi connectivity index (χ0) is 18.3. The summed E-state index contributed by atoms with van der Waals surface area (Å²) in [6.45, 7) is 2.28. The molecule has 2 saturated heterocycles. The van der Waals surface area contributed by atoms with Gasteiger partial charge < -0.3 is 16.0 Å². The number of anilines is 1. The second-order valence-electron chi connectivity index (χ2n) is 8.06. The van der Waals surface area contributed by atoms with Gasteiger partial charge in [-0.15, -0.1) is 0 Å². The number of nitrogens with two attached hydrogens (primary N) is 1. The van der Waals surface area contributed by atoms with Crippen molar-refractivity contribution in [3.8, 4) is 0 Å². The first-order chi connectivity index (χ1) is 12.6. The highest BCUT2D eigenvalue weighted by Gasteiger charge is 2.46. The molecule has 0 aromatic heterocycles. The first-order valence-electron chi connectivity index (χ1n) is 9.68. The third kappa shape index (κ3) is 3.22. The number of amides is 2. The molecule has 0 radical (unpaired) electrons. The highest BCUT2D eigenvalue weighted by atomic mass is 16.2. The first kappa shape index (κ1) is 17.1. The highest BCUT2D eigenvalue weighted by molar-refractivity contribution is 5.92. The van der Waals surface area contributed by atoms with Crippen molar-refractivity contribution < 1.29 is 4.79 Å². The average Bonchev–Trinajstić information content (AvgIpc) is 3.44. The maximum atomic E-state index is 12.7. The molecule has 2 amide bonds. The van der Waals surface area contributed by atoms with Crippen LogP contribution in [0.15, 0.2) is 29.3 Å². The lowest BCUT2D eigenvalue weighted by Gasteiger charge is -2.54. The molecule has 138 valence electrons. The van der Waals surface area contributed by atoms with Crippen LogP contribution in [0.25, 0.3) is 5.70 Å². The Labute approximate surface area is 155 Å². The predicted octanol–water partition coefficient (Wildman–Crippen LogP) is 3.97. The average molecular weight is 352 g/mol. The molecule has 2 aliphatic heterocycles. The molecule has 26 heavy (non-hydrogen) atoms. The van der Waals surface area contributed by atoms with Crippen molar-refractivity contribution in [2.45, 2.75) is 57.0 Å². The van der Waals surface area contributed by atoms with E-state index >= 15 is 0 Å². The van der Waals surface area contributed by atoms with E-state index in [-0.39, 0.29) is 6.03 Å². The molecule has 2 bridgehead atoms. The second kappa shape index (κ2) is 6.78. The van der Waals surface area contributed by atoms with Crippen LogP contribution in [0.5, 0.6) is 0 Å². The largest absolute Gasteiger partial charge is 0.398 e. The number of fused-ring (bicyclic) bond motifs is 2. The van der Waals surface area contributed by atoms with Crippen LogP contribution >= 0.6 is 0 Å². The molecule has 3 N–H and O–H groups in total. The standard InChI is InChI=1S/C21H28N4O/c1-13-9-16-12-17(10-13)25(16)21(26)24-15-5-6-18(14-3-4-14)19(11-15)20(22)7-8-23-2/h5-8,11,13-14,16-17H,3-4,9-10,12,22H2,1-2H3,(H,24,26)/b20-7-,23-8?. The number of allylic oxidation sites excluding steroid dienone is 1. The number of nitrogens with zero attached hydrogens (tertiary/aromatic N) is 2. The van der Waals surface area contributed by atoms with E-state index in [4.69, 9.17) is 5.73 Å². The van der Waals surface area contributed by atoms with Crippen molar-refractivity contribution in [2.24, 2.45) is 16.6 Å². The van der Waals surface area contributed by atoms with Crippen LogP contribution in [0.4, 0.5) is 10.5 Å². The Hall–Kier alpha value is -2.30. The summed E-state index contributed by atoms with van der Waals surface area (Å²) in [6.07, 6.45) is 9.37. The molecule has 1 aromatic rings. The smallest absolute Gasteiger partial charge is 0.322 e. The zero-order valence-corrected chi connectivity index (χ0v) is 15.6. The molecule has 5 heteroatoms. The van der Waals surface area contributed by atoms with Gasteiger partial charge >= 0.3 is 6.03 Å². The fraction of sp³-hybridized carbons (Fsp3) is 0.524. The molecule has 0 spiro atoms. The van der Waals surface area contributed by atoms with Gasteiger partial charge in [0.15, 0.2) is 0 Å². The Balaban J connectivity index is 1.53. The Bertz CT molecular complexity index is 753. The zero-order valence-electron chi connectivity index (χ0n) is 15.6. The Morgan fingerprint density at radius 3 is 2.65 bits per heavy atom. The first-order valence-corrected chi connectivity index (χ1v) is 9.68. The van der Waals surface area contributed by atoms with Crippen molar-refractivity contribution in [1.82, 2.24) is 4.90 Å². The van der Waals surface area contributed by atoms with E-state index in [1.165, 1.54) is 18.4 Å². The molecule has 3 fully saturated rings. The molecule has 2 heterocycles. The lowest BCUT2D eigenvalue weighted by Crippen LogP contribution is -2.63. The molecular weight excluding hydrogens is 324 g/mol. The van der Waals surface area contributed by atoms with Crippen LogP contribution < -0.4 is 11.1 Å². The van der Waals surface area contributed by atoms with Gasteiger partial charge in [0.25, 0.3) is 0 Å². The maximum Gasteiger partial charge on any atom is 0.322 e. The van der Waals surface area contributed by atoms with E-state index in [1.807, 2.05) is 23.1 Å². The van der Waals surface area contributed by atoms with Crippen LogP contribution in [0.1, 0.15) is 56.1 Å². The summed E-state index contributed by atoms with van der Waals surface area (Å²) in [5.41, 5.74) is 10.1. The number of piperidine rings is 1. The highest BCUT2D eigenvalue weighted by Crippen LogP contribution is 2.44. The van der Waals surface area contributed by atoms with Crippen molar-refractivity contribution in [3.05, 3.63) is 35.4 Å². The minimum atomic E-state index is 0.0287. The Morgan fingerprint density at radius 2 is 2.00 bits per heavy atom. The number of hydrogen-bond acceptors (Lipinski definition) is 3. The molecule has 5 nitrogen and oxygen atoms in total. The predicted molar refractivity (Wildman–Crippen MR) is 106 cm³/mol. The van der Waals surface area contributed by atoms with E-state index in [1.54, 1.807) is 13.3 Å². The van der Waals surface area contributed by atoms with E-state index in [9.17, 15) is 4.79 Å². The number of benzene rings is 1. The number of carbonyl (C=O) groups excluding carboxylic acids is 1. The van der Waals surface area contributed by atoms with Gasteiger partial charge in [0.2, 0.25) is 0 Å². The third-order valence-corrected chi connectivity index (χ3v) is 5.95. The van der Waals surface area contributed by atoms with Gasteiger partial charge in [-0.1, -0.05) is 13.0 Å². The second-order valence-corrected chi connectivity index (χ2v) is 8.06. The summed E-state index contributed by atoms with van der Waals surface area (Å²) in [7, 11) is 1.73. The molecule has 2 unspecified atom stereocenters. The van der Waals surface area contributed by atoms with Gasteiger partial charge in [-0.3, -0.25) is 4.99 Å². The maximum absolute atomic E-state index is 12.7. The normalized spacial score (nSPS) is 28.2. The number of hydrogen-bond donors (Lipinski definition) is 2. The molecule has 3 aliphatic rings. The van der Waals surface area contributed by atoms with Crippen LogP contribution in [-0.2, 0) is 0 Å². The monoisotopic (exact) mass is 352 g/mol. The number of nitrogens with one attached hydrogen (secondary N) is 1. The quantitative estimate of drug-likeness (QED) is 0.805. The summed E-state index contributed by atoms with van der Waals surface area (Å²) < 4.78 is 0. The van der Waals surface area contributed by atoms with Crippen molar-refractivity contribution in [1.29, 1.82) is 0 Å². The topological polar surface area (TPSA) is 70.7 Å². The van der Waals surface area contributed by atoms with Gasteiger partial charge in [-0.05, 0) is 67.7 Å². The SMILES string of the molecule is CN=C/C=C(\N)c1cc(NC(=O)N2C3CC(C)CC2C3)ccc1C1CC1. The van der Waals surface area contributed by atoms with E-state index in [0.29, 0.717) is 23.7 Å². The van der Waals surface area contributed by atoms with Gasteiger partial charge in [0, 0.05) is 42.3 Å². The Morgan fingerprint density at radius 1 is 1.27 bits per heavy atom. The van der Waals surface area contributed by atoms with Crippen molar-refractivity contribution in [3.63, 3.8) is 0 Å². The summed E-state index contributed by atoms with van der Waals surface area (Å²) >= 11 is 0. The summed E-state index contributed by atoms with van der Waals surface area (Å²) in [5.74, 6) is 1.33. The number of urea groups is 1. The van der Waals surface area contributed by atoms with Gasteiger partial charge in [0.1, 0.15) is 0 Å². The fourth-order valence-electron chi connectivity index (χ4n) is 4.54. The van der Waals surface area contributed by atoms with E-state index < -0.39 is 0 Å². The molecule has 1 aliphatic carbocycles. The van der Waals surface area contributed by atoms with Gasteiger partial charge in [-0.25, -0.2) is 4.79 Å². The Kier molecular flexibility index (Phi) is 4.47. The number of rotatable bonds is 4. The minimum absolute atomic E-state index is 0.0287. The third-order valence-electron chi connectivity index (χ3n) is 5.95. The van der Waals surface area contributed by atoms with Crippen molar-refractivity contribution >= 4 is 23.6 Å². The molecule has 4 rings (SSSR count). The van der Waals surface area contributed by atoms with Crippen LogP contribution in [0, 0.1) is 5.92 Å². The lowest BCUT2D eigenvalue weighted by molar-refractivity contribution is -0.00600. The molecular formula is C21H28N4O.